The molecule has 0 heterocycles. The fourth-order valence-corrected chi connectivity index (χ4v) is 7.19. The zero-order chi connectivity index (χ0) is 22.1. The maximum Gasteiger partial charge on any atom is 0.422 e. The number of hydrogen-bond acceptors (Lipinski definition) is 4. The lowest BCUT2D eigenvalue weighted by molar-refractivity contribution is -0.257. The Labute approximate surface area is 167 Å². The van der Waals surface area contributed by atoms with Crippen molar-refractivity contribution in [3.05, 3.63) is 17.7 Å². The maximum atomic E-state index is 14.4. The van der Waals surface area contributed by atoms with Gasteiger partial charge in [-0.25, -0.2) is 0 Å². The van der Waals surface area contributed by atoms with Gasteiger partial charge in [0, 0.05) is 18.3 Å². The van der Waals surface area contributed by atoms with E-state index in [1.807, 2.05) is 41.5 Å². The fraction of sp³-hybridized carbons (Fsp3) is 0.700. The highest BCUT2D eigenvalue weighted by Gasteiger charge is 2.60. The zero-order valence-electron chi connectivity index (χ0n) is 18.1. The molecule has 162 valence electrons. The Kier molecular flexibility index (Phi) is 7.34. The normalized spacial score (nSPS) is 15.4. The van der Waals surface area contributed by atoms with Crippen molar-refractivity contribution in [3.8, 4) is 17.2 Å². The summed E-state index contributed by atoms with van der Waals surface area (Å²) >= 11 is 0. The summed E-state index contributed by atoms with van der Waals surface area (Å²) in [5, 5.41) is 10.4. The molecular weight excluding hydrogens is 392 g/mol. The average molecular weight is 424 g/mol. The first-order valence-corrected chi connectivity index (χ1v) is 10.4. The molecule has 1 aromatic rings. The highest BCUT2D eigenvalue weighted by Crippen LogP contribution is 2.64. The Bertz CT molecular complexity index is 638. The summed E-state index contributed by atoms with van der Waals surface area (Å²) in [4.78, 5) is 0. The molecule has 0 saturated carbocycles. The molecule has 1 unspecified atom stereocenters. The Morgan fingerprint density at radius 1 is 0.821 bits per heavy atom. The van der Waals surface area contributed by atoms with Crippen molar-refractivity contribution in [2.75, 3.05) is 27.5 Å². The van der Waals surface area contributed by atoms with Crippen molar-refractivity contribution in [3.63, 3.8) is 0 Å². The fourth-order valence-electron chi connectivity index (χ4n) is 3.43. The van der Waals surface area contributed by atoms with Gasteiger partial charge in [0.25, 0.3) is 0 Å². The lowest BCUT2D eigenvalue weighted by Gasteiger charge is -2.46. The molecule has 28 heavy (non-hydrogen) atoms. The summed E-state index contributed by atoms with van der Waals surface area (Å²) in [6.07, 6.45) is -5.41. The van der Waals surface area contributed by atoms with Gasteiger partial charge in [0.15, 0.2) is 5.60 Å². The van der Waals surface area contributed by atoms with Gasteiger partial charge in [0.05, 0.1) is 26.9 Å². The molecular formula is C20H32F3O4P. The van der Waals surface area contributed by atoms with Gasteiger partial charge in [-0.3, -0.25) is 0 Å². The molecule has 0 aromatic heterocycles. The molecule has 8 heteroatoms. The molecule has 1 aromatic carbocycles. The quantitative estimate of drug-likeness (QED) is 0.609. The first kappa shape index (κ1) is 24.8. The van der Waals surface area contributed by atoms with E-state index in [-0.39, 0.29) is 17.2 Å². The summed E-state index contributed by atoms with van der Waals surface area (Å²) < 4.78 is 58.6. The molecule has 0 aliphatic rings. The Morgan fingerprint density at radius 3 is 1.46 bits per heavy atom. The van der Waals surface area contributed by atoms with E-state index in [1.54, 1.807) is 0 Å². The molecule has 0 aliphatic carbocycles. The third kappa shape index (κ3) is 5.04. The highest BCUT2D eigenvalue weighted by molar-refractivity contribution is 7.60. The first-order chi connectivity index (χ1) is 12.5. The van der Waals surface area contributed by atoms with Crippen LogP contribution in [0.4, 0.5) is 13.2 Å². The Balaban J connectivity index is 3.81. The van der Waals surface area contributed by atoms with E-state index >= 15 is 0 Å². The van der Waals surface area contributed by atoms with Gasteiger partial charge in [0.2, 0.25) is 0 Å². The van der Waals surface area contributed by atoms with E-state index in [0.717, 1.165) is 0 Å². The highest BCUT2D eigenvalue weighted by atomic mass is 31.1. The second kappa shape index (κ2) is 8.27. The van der Waals surface area contributed by atoms with Crippen molar-refractivity contribution in [1.29, 1.82) is 0 Å². The standard InChI is InChI=1S/C20H32F3O4P/c1-17(2,3)28(18(4,5)6)12-19(24,20(21,22)23)16-14(26-8)10-13(25-7)11-15(16)27-9/h10-11,24H,12H2,1-9H3. The molecule has 4 nitrogen and oxygen atoms in total. The molecule has 0 radical (unpaired) electrons. The number of benzene rings is 1. The van der Waals surface area contributed by atoms with E-state index in [9.17, 15) is 18.3 Å². The van der Waals surface area contributed by atoms with Crippen molar-refractivity contribution < 1.29 is 32.5 Å². The number of methoxy groups -OCH3 is 3. The molecule has 0 saturated heterocycles. The third-order valence-corrected chi connectivity index (χ3v) is 8.62. The van der Waals surface area contributed by atoms with Crippen molar-refractivity contribution in [1.82, 2.24) is 0 Å². The van der Waals surface area contributed by atoms with Gasteiger partial charge < -0.3 is 19.3 Å². The maximum absolute atomic E-state index is 14.4. The van der Waals surface area contributed by atoms with Crippen LogP contribution >= 0.6 is 7.92 Å². The van der Waals surface area contributed by atoms with E-state index in [0.29, 0.717) is 0 Å². The minimum atomic E-state index is -4.93. The van der Waals surface area contributed by atoms with Crippen LogP contribution in [0.5, 0.6) is 17.2 Å². The number of halogens is 3. The van der Waals surface area contributed by atoms with Crippen LogP contribution in [-0.4, -0.2) is 49.1 Å². The third-order valence-electron chi connectivity index (χ3n) is 4.60. The van der Waals surface area contributed by atoms with Crippen LogP contribution in [0.3, 0.4) is 0 Å². The molecule has 1 rings (SSSR count). The number of ether oxygens (including phenoxy) is 3. The van der Waals surface area contributed by atoms with Crippen LogP contribution in [0.15, 0.2) is 12.1 Å². The monoisotopic (exact) mass is 424 g/mol. The first-order valence-electron chi connectivity index (χ1n) is 8.90. The number of hydrogen-bond donors (Lipinski definition) is 1. The molecule has 0 fully saturated rings. The Hall–Kier alpha value is -1.20. The molecule has 0 aliphatic heterocycles. The van der Waals surface area contributed by atoms with Gasteiger partial charge in [-0.05, 0) is 10.3 Å². The second-order valence-corrected chi connectivity index (χ2v) is 12.5. The van der Waals surface area contributed by atoms with Gasteiger partial charge in [0.1, 0.15) is 17.2 Å². The summed E-state index contributed by atoms with van der Waals surface area (Å²) in [5.41, 5.74) is -3.56. The van der Waals surface area contributed by atoms with Crippen LogP contribution in [0.25, 0.3) is 0 Å². The largest absolute Gasteiger partial charge is 0.496 e. The molecule has 0 spiro atoms. The number of rotatable bonds is 6. The molecule has 0 bridgehead atoms. The van der Waals surface area contributed by atoms with Gasteiger partial charge in [-0.1, -0.05) is 49.5 Å². The van der Waals surface area contributed by atoms with E-state index in [2.05, 4.69) is 0 Å². The molecule has 0 amide bonds. The van der Waals surface area contributed by atoms with Crippen molar-refractivity contribution >= 4 is 7.92 Å². The Morgan fingerprint density at radius 2 is 1.21 bits per heavy atom. The van der Waals surface area contributed by atoms with Crippen LogP contribution in [0, 0.1) is 0 Å². The average Bonchev–Trinajstić information content (AvgIpc) is 2.54. The number of aliphatic hydroxyl groups is 1. The van der Waals surface area contributed by atoms with Crippen molar-refractivity contribution in [2.45, 2.75) is 63.6 Å². The van der Waals surface area contributed by atoms with Gasteiger partial charge in [-0.2, -0.15) is 13.2 Å². The summed E-state index contributed by atoms with van der Waals surface area (Å²) in [6, 6.07) is 2.65. The summed E-state index contributed by atoms with van der Waals surface area (Å²) in [6.45, 7) is 11.4. The minimum Gasteiger partial charge on any atom is -0.496 e. The van der Waals surface area contributed by atoms with Crippen LogP contribution in [0.2, 0.25) is 0 Å². The zero-order valence-corrected chi connectivity index (χ0v) is 19.0. The number of alkyl halides is 3. The topological polar surface area (TPSA) is 47.9 Å². The minimum absolute atomic E-state index is 0.131. The molecule has 1 atom stereocenters. The summed E-state index contributed by atoms with van der Waals surface area (Å²) in [7, 11) is 2.62. The van der Waals surface area contributed by atoms with Crippen LogP contribution in [0.1, 0.15) is 47.1 Å². The molecule has 1 N–H and O–H groups in total. The SMILES string of the molecule is COc1cc(OC)c(C(O)(CP(C(C)(C)C)C(C)(C)C)C(F)(F)F)c(OC)c1. The van der Waals surface area contributed by atoms with Gasteiger partial charge >= 0.3 is 6.18 Å². The van der Waals surface area contributed by atoms with Crippen LogP contribution < -0.4 is 14.2 Å². The van der Waals surface area contributed by atoms with E-state index < -0.39 is 41.7 Å². The lowest BCUT2D eigenvalue weighted by atomic mass is 9.92. The van der Waals surface area contributed by atoms with Gasteiger partial charge in [-0.15, -0.1) is 0 Å². The predicted molar refractivity (Wildman–Crippen MR) is 107 cm³/mol. The summed E-state index contributed by atoms with van der Waals surface area (Å²) in [5.74, 6) is 0.0125. The van der Waals surface area contributed by atoms with Crippen molar-refractivity contribution in [2.24, 2.45) is 0 Å². The lowest BCUT2D eigenvalue weighted by Crippen LogP contribution is -2.48. The van der Waals surface area contributed by atoms with Crippen LogP contribution in [-0.2, 0) is 5.60 Å². The second-order valence-electron chi connectivity index (χ2n) is 8.69. The smallest absolute Gasteiger partial charge is 0.422 e. The van der Waals surface area contributed by atoms with E-state index in [4.69, 9.17) is 14.2 Å². The van der Waals surface area contributed by atoms with E-state index in [1.165, 1.54) is 33.5 Å². The predicted octanol–water partition coefficient (Wildman–Crippen LogP) is 5.54.